The van der Waals surface area contributed by atoms with Crippen molar-refractivity contribution in [3.63, 3.8) is 0 Å². The summed E-state index contributed by atoms with van der Waals surface area (Å²) in [5.41, 5.74) is 1.74. The molecular weight excluding hydrogens is 421 g/mol. The van der Waals surface area contributed by atoms with Crippen LogP contribution in [0, 0.1) is 5.82 Å². The molecule has 8 heteroatoms. The van der Waals surface area contributed by atoms with E-state index in [4.69, 9.17) is 9.47 Å². The van der Waals surface area contributed by atoms with Crippen LogP contribution < -0.4 is 5.32 Å². The minimum absolute atomic E-state index is 0.144. The smallest absolute Gasteiger partial charge is 0.341 e. The Morgan fingerprint density at radius 3 is 2.35 bits per heavy atom. The van der Waals surface area contributed by atoms with E-state index in [-0.39, 0.29) is 17.2 Å². The second-order valence-corrected chi connectivity index (χ2v) is 7.35. The van der Waals surface area contributed by atoms with Crippen LogP contribution >= 0.6 is 11.3 Å². The summed E-state index contributed by atoms with van der Waals surface area (Å²) in [6, 6.07) is 14.2. The molecule has 0 bridgehead atoms. The Labute approximate surface area is 182 Å². The van der Waals surface area contributed by atoms with Crippen molar-refractivity contribution in [2.45, 2.75) is 20.0 Å². The summed E-state index contributed by atoms with van der Waals surface area (Å²) in [5.74, 6) is -2.26. The maximum Gasteiger partial charge on any atom is 0.341 e. The summed E-state index contributed by atoms with van der Waals surface area (Å²) in [4.78, 5) is 37.2. The van der Waals surface area contributed by atoms with Crippen molar-refractivity contribution in [3.05, 3.63) is 76.9 Å². The molecule has 160 valence electrons. The van der Waals surface area contributed by atoms with Crippen LogP contribution in [0.5, 0.6) is 0 Å². The molecule has 0 aliphatic heterocycles. The number of amides is 1. The number of carbonyl (C=O) groups is 3. The number of thiophene rings is 1. The minimum atomic E-state index is -1.19. The van der Waals surface area contributed by atoms with E-state index in [0.717, 1.165) is 11.3 Å². The van der Waals surface area contributed by atoms with Crippen LogP contribution in [0.4, 0.5) is 9.39 Å². The fourth-order valence-corrected chi connectivity index (χ4v) is 3.90. The van der Waals surface area contributed by atoms with Crippen molar-refractivity contribution < 1.29 is 28.2 Å². The first-order valence-corrected chi connectivity index (χ1v) is 10.4. The number of carbonyl (C=O) groups excluding carboxylic acids is 3. The first-order chi connectivity index (χ1) is 14.9. The van der Waals surface area contributed by atoms with E-state index in [2.05, 4.69) is 5.32 Å². The number of anilines is 1. The Balaban J connectivity index is 1.97. The summed E-state index contributed by atoms with van der Waals surface area (Å²) in [6.45, 7) is 3.03. The molecule has 1 N–H and O–H groups in total. The van der Waals surface area contributed by atoms with Crippen LogP contribution in [0.25, 0.3) is 11.1 Å². The summed E-state index contributed by atoms with van der Waals surface area (Å²) < 4.78 is 23.7. The quantitative estimate of drug-likeness (QED) is 0.524. The Hall–Kier alpha value is -3.52. The van der Waals surface area contributed by atoms with Crippen LogP contribution in [0.15, 0.2) is 60.0 Å². The zero-order valence-corrected chi connectivity index (χ0v) is 17.7. The molecule has 0 aliphatic rings. The van der Waals surface area contributed by atoms with Gasteiger partial charge in [0.05, 0.1) is 6.61 Å². The average Bonchev–Trinajstić information content (AvgIpc) is 3.16. The van der Waals surface area contributed by atoms with E-state index in [1.807, 2.05) is 0 Å². The first-order valence-electron chi connectivity index (χ1n) is 9.48. The average molecular weight is 441 g/mol. The molecule has 0 saturated heterocycles. The third kappa shape index (κ3) is 5.35. The van der Waals surface area contributed by atoms with E-state index >= 15 is 0 Å². The van der Waals surface area contributed by atoms with E-state index in [0.29, 0.717) is 16.7 Å². The number of benzene rings is 2. The zero-order chi connectivity index (χ0) is 22.4. The molecule has 1 heterocycles. The molecule has 0 saturated carbocycles. The molecule has 3 aromatic rings. The third-order valence-corrected chi connectivity index (χ3v) is 5.18. The maximum absolute atomic E-state index is 13.3. The van der Waals surface area contributed by atoms with Gasteiger partial charge in [0.15, 0.2) is 0 Å². The van der Waals surface area contributed by atoms with Gasteiger partial charge in [-0.15, -0.1) is 11.3 Å². The number of hydrogen-bond donors (Lipinski definition) is 1. The Kier molecular flexibility index (Phi) is 7.15. The monoisotopic (exact) mass is 441 g/mol. The first kappa shape index (κ1) is 22.2. The molecule has 31 heavy (non-hydrogen) atoms. The van der Waals surface area contributed by atoms with Crippen LogP contribution in [0.1, 0.15) is 35.9 Å². The van der Waals surface area contributed by atoms with Crippen molar-refractivity contribution in [3.8, 4) is 11.1 Å². The number of rotatable bonds is 7. The van der Waals surface area contributed by atoms with Crippen LogP contribution in [0.3, 0.4) is 0 Å². The Bertz CT molecular complexity index is 1080. The van der Waals surface area contributed by atoms with Crippen molar-refractivity contribution in [1.82, 2.24) is 0 Å². The second kappa shape index (κ2) is 9.99. The van der Waals surface area contributed by atoms with Gasteiger partial charge in [0.25, 0.3) is 5.91 Å². The van der Waals surface area contributed by atoms with Gasteiger partial charge in [-0.3, -0.25) is 9.59 Å². The molecule has 6 nitrogen and oxygen atoms in total. The molecule has 1 amide bonds. The van der Waals surface area contributed by atoms with E-state index in [1.165, 1.54) is 31.2 Å². The fraction of sp³-hybridized carbons (Fsp3) is 0.174. The van der Waals surface area contributed by atoms with Gasteiger partial charge in [-0.05, 0) is 24.6 Å². The van der Waals surface area contributed by atoms with Gasteiger partial charge < -0.3 is 14.8 Å². The lowest BCUT2D eigenvalue weighted by atomic mass is 10.0. The molecule has 1 atom stereocenters. The van der Waals surface area contributed by atoms with Gasteiger partial charge in [-0.1, -0.05) is 42.5 Å². The number of esters is 2. The van der Waals surface area contributed by atoms with E-state index < -0.39 is 29.8 Å². The predicted molar refractivity (Wildman–Crippen MR) is 115 cm³/mol. The van der Waals surface area contributed by atoms with E-state index in [1.54, 1.807) is 42.6 Å². The molecule has 2 aromatic carbocycles. The maximum atomic E-state index is 13.3. The number of nitrogens with one attached hydrogen (secondary N) is 1. The fourth-order valence-electron chi connectivity index (χ4n) is 2.94. The van der Waals surface area contributed by atoms with Gasteiger partial charge in [-0.25, -0.2) is 9.18 Å². The summed E-state index contributed by atoms with van der Waals surface area (Å²) in [6.07, 6.45) is -1.19. The van der Waals surface area contributed by atoms with Crippen molar-refractivity contribution in [2.24, 2.45) is 0 Å². The Morgan fingerprint density at radius 1 is 1.06 bits per heavy atom. The van der Waals surface area contributed by atoms with Gasteiger partial charge in [-0.2, -0.15) is 0 Å². The number of hydrogen-bond acceptors (Lipinski definition) is 6. The second-order valence-electron chi connectivity index (χ2n) is 6.47. The highest BCUT2D eigenvalue weighted by Gasteiger charge is 2.28. The third-order valence-electron chi connectivity index (χ3n) is 4.29. The van der Waals surface area contributed by atoms with Crippen molar-refractivity contribution >= 4 is 34.2 Å². The highest BCUT2D eigenvalue weighted by Crippen LogP contribution is 2.37. The molecule has 0 aliphatic carbocycles. The summed E-state index contributed by atoms with van der Waals surface area (Å²) >= 11 is 1.12. The van der Waals surface area contributed by atoms with Crippen molar-refractivity contribution in [1.29, 1.82) is 0 Å². The molecule has 1 aromatic heterocycles. The number of ether oxygens (including phenoxy) is 2. The summed E-state index contributed by atoms with van der Waals surface area (Å²) in [5, 5.41) is 4.61. The molecule has 0 spiro atoms. The topological polar surface area (TPSA) is 81.7 Å². The lowest BCUT2D eigenvalue weighted by molar-refractivity contribution is -0.152. The van der Waals surface area contributed by atoms with Crippen LogP contribution in [0.2, 0.25) is 0 Å². The largest absolute Gasteiger partial charge is 0.462 e. The van der Waals surface area contributed by atoms with Gasteiger partial charge >= 0.3 is 11.9 Å². The molecule has 0 fully saturated rings. The SMILES string of the molecule is CCOC(=O)c1c(-c2ccc(F)cc2)csc1NC(=O)C(OC(C)=O)c1ccccc1. The Morgan fingerprint density at radius 2 is 1.74 bits per heavy atom. The van der Waals surface area contributed by atoms with E-state index in [9.17, 15) is 18.8 Å². The van der Waals surface area contributed by atoms with Gasteiger partial charge in [0.2, 0.25) is 6.10 Å². The molecule has 1 unspecified atom stereocenters. The zero-order valence-electron chi connectivity index (χ0n) is 16.9. The van der Waals surface area contributed by atoms with Gasteiger partial charge in [0.1, 0.15) is 16.4 Å². The standard InChI is InChI=1S/C23H20FNO5S/c1-3-29-23(28)19-18(15-9-11-17(24)12-10-15)13-31-22(19)25-21(27)20(30-14(2)26)16-7-5-4-6-8-16/h4-13,20H,3H2,1-2H3,(H,25,27). The lowest BCUT2D eigenvalue weighted by Crippen LogP contribution is -2.25. The van der Waals surface area contributed by atoms with Crippen LogP contribution in [-0.4, -0.2) is 24.5 Å². The summed E-state index contributed by atoms with van der Waals surface area (Å²) in [7, 11) is 0. The normalized spacial score (nSPS) is 11.5. The predicted octanol–water partition coefficient (Wildman–Crippen LogP) is 4.97. The molecular formula is C23H20FNO5S. The van der Waals surface area contributed by atoms with Crippen molar-refractivity contribution in [2.75, 3.05) is 11.9 Å². The highest BCUT2D eigenvalue weighted by atomic mass is 32.1. The molecule has 0 radical (unpaired) electrons. The highest BCUT2D eigenvalue weighted by molar-refractivity contribution is 7.15. The van der Waals surface area contributed by atoms with Crippen LogP contribution in [-0.2, 0) is 19.1 Å². The lowest BCUT2D eigenvalue weighted by Gasteiger charge is -2.17. The minimum Gasteiger partial charge on any atom is -0.462 e. The van der Waals surface area contributed by atoms with Gasteiger partial charge in [0, 0.05) is 23.4 Å². The number of halogens is 1. The molecule has 3 rings (SSSR count).